The Balaban J connectivity index is 1.79. The fourth-order valence-electron chi connectivity index (χ4n) is 3.98. The monoisotopic (exact) mass is 499 g/mol. The Labute approximate surface area is 207 Å². The van der Waals surface area contributed by atoms with Crippen molar-refractivity contribution in [3.8, 4) is 0 Å². The molecule has 1 fully saturated rings. The van der Waals surface area contributed by atoms with Gasteiger partial charge in [-0.1, -0.05) is 44.5 Å². The van der Waals surface area contributed by atoms with E-state index in [1.165, 1.54) is 4.57 Å². The van der Waals surface area contributed by atoms with Gasteiger partial charge in [0.05, 0.1) is 12.2 Å². The van der Waals surface area contributed by atoms with Crippen molar-refractivity contribution in [2.45, 2.75) is 59.6 Å². The first-order valence-electron chi connectivity index (χ1n) is 11.6. The van der Waals surface area contributed by atoms with E-state index in [-0.39, 0.29) is 24.6 Å². The third-order valence-electron chi connectivity index (χ3n) is 5.93. The number of aliphatic hydroxyl groups is 1. The second kappa shape index (κ2) is 10.3. The summed E-state index contributed by atoms with van der Waals surface area (Å²) in [5, 5.41) is 10.1. The summed E-state index contributed by atoms with van der Waals surface area (Å²) in [6.45, 7) is 8.20. The minimum absolute atomic E-state index is 0.0953. The van der Waals surface area contributed by atoms with Crippen LogP contribution in [0.4, 0.5) is 5.69 Å². The molecule has 35 heavy (non-hydrogen) atoms. The summed E-state index contributed by atoms with van der Waals surface area (Å²) in [4.78, 5) is 38.0. The van der Waals surface area contributed by atoms with Gasteiger partial charge in [-0.25, -0.2) is 19.1 Å². The van der Waals surface area contributed by atoms with Crippen molar-refractivity contribution in [3.05, 3.63) is 85.0 Å². The van der Waals surface area contributed by atoms with Crippen molar-refractivity contribution in [1.29, 1.82) is 0 Å². The van der Waals surface area contributed by atoms with Gasteiger partial charge < -0.3 is 9.84 Å². The highest BCUT2D eigenvalue weighted by atomic mass is 35.5. The van der Waals surface area contributed by atoms with E-state index in [4.69, 9.17) is 16.3 Å². The van der Waals surface area contributed by atoms with Crippen LogP contribution in [0.3, 0.4) is 0 Å². The first-order valence-corrected chi connectivity index (χ1v) is 12.0. The predicted molar refractivity (Wildman–Crippen MR) is 133 cm³/mol. The molecular weight excluding hydrogens is 470 g/mol. The highest BCUT2D eigenvalue weighted by Gasteiger charge is 2.41. The van der Waals surface area contributed by atoms with Crippen LogP contribution >= 0.6 is 11.6 Å². The van der Waals surface area contributed by atoms with Crippen LogP contribution in [0.15, 0.2) is 51.1 Å². The van der Waals surface area contributed by atoms with Crippen LogP contribution in [0.2, 0.25) is 5.02 Å². The number of aromatic nitrogens is 4. The molecule has 3 aromatic rings. The van der Waals surface area contributed by atoms with E-state index in [9.17, 15) is 14.7 Å². The maximum atomic E-state index is 13.5. The van der Waals surface area contributed by atoms with Gasteiger partial charge in [-0.05, 0) is 48.6 Å². The molecule has 186 valence electrons. The SMILES string of the molecule is Cc1ccc(Cn2c(=O)n(C[C@H](C)C3OC3O)c(=O)[nH]/c2=N\c2ccc(CC(C)C)c(Cl)c2)cn1. The van der Waals surface area contributed by atoms with Gasteiger partial charge in [0, 0.05) is 29.4 Å². The van der Waals surface area contributed by atoms with Crippen LogP contribution in [0.25, 0.3) is 0 Å². The molecule has 0 saturated carbocycles. The molecule has 9 nitrogen and oxygen atoms in total. The van der Waals surface area contributed by atoms with Crippen LogP contribution in [-0.4, -0.2) is 36.6 Å². The highest BCUT2D eigenvalue weighted by Crippen LogP contribution is 2.27. The van der Waals surface area contributed by atoms with E-state index < -0.39 is 23.8 Å². The van der Waals surface area contributed by atoms with Crippen molar-refractivity contribution in [3.63, 3.8) is 0 Å². The molecule has 2 aromatic heterocycles. The van der Waals surface area contributed by atoms with Crippen LogP contribution in [-0.2, 0) is 24.2 Å². The van der Waals surface area contributed by atoms with E-state index in [1.807, 2.05) is 38.1 Å². The Morgan fingerprint density at radius 3 is 2.54 bits per heavy atom. The number of nitrogens with zero attached hydrogens (tertiary/aromatic N) is 4. The van der Waals surface area contributed by atoms with Gasteiger partial charge in [-0.2, -0.15) is 0 Å². The summed E-state index contributed by atoms with van der Waals surface area (Å²) in [5.41, 5.74) is 2.19. The van der Waals surface area contributed by atoms with Crippen molar-refractivity contribution < 1.29 is 9.84 Å². The van der Waals surface area contributed by atoms with Gasteiger partial charge in [-0.3, -0.25) is 14.5 Å². The average Bonchev–Trinajstić information content (AvgIpc) is 3.53. The molecule has 4 rings (SSSR count). The molecule has 0 radical (unpaired) electrons. The summed E-state index contributed by atoms with van der Waals surface area (Å²) >= 11 is 6.47. The first-order chi connectivity index (χ1) is 16.6. The van der Waals surface area contributed by atoms with E-state index in [0.29, 0.717) is 16.6 Å². The third kappa shape index (κ3) is 5.98. The minimum atomic E-state index is -0.858. The number of aromatic amines is 1. The van der Waals surface area contributed by atoms with Gasteiger partial charge in [0.1, 0.15) is 6.10 Å². The van der Waals surface area contributed by atoms with Crippen LogP contribution in [0, 0.1) is 18.8 Å². The van der Waals surface area contributed by atoms with Crippen LogP contribution in [0.5, 0.6) is 0 Å². The zero-order valence-corrected chi connectivity index (χ0v) is 21.0. The van der Waals surface area contributed by atoms with E-state index in [0.717, 1.165) is 27.8 Å². The van der Waals surface area contributed by atoms with E-state index in [2.05, 4.69) is 28.8 Å². The summed E-state index contributed by atoms with van der Waals surface area (Å²) < 4.78 is 7.61. The molecule has 3 atom stereocenters. The van der Waals surface area contributed by atoms with Gasteiger partial charge >= 0.3 is 11.4 Å². The smallest absolute Gasteiger partial charge is 0.335 e. The van der Waals surface area contributed by atoms with Crippen molar-refractivity contribution in [2.75, 3.05) is 0 Å². The number of hydrogen-bond donors (Lipinski definition) is 2. The Bertz CT molecular complexity index is 1390. The average molecular weight is 500 g/mol. The molecule has 0 aliphatic carbocycles. The molecule has 0 amide bonds. The number of rotatable bonds is 8. The lowest BCUT2D eigenvalue weighted by atomic mass is 10.0. The topological polar surface area (TPSA) is 118 Å². The molecule has 1 aliphatic rings. The van der Waals surface area contributed by atoms with Gasteiger partial charge in [-0.15, -0.1) is 0 Å². The molecule has 1 aromatic carbocycles. The standard InChI is InChI=1S/C25H30ClN5O4/c1-14(2)9-18-7-8-19(10-20(18)26)28-23-29-24(33)31(12-15(3)21-22(32)35-21)25(34)30(23)13-17-6-5-16(4)27-11-17/h5-8,10-11,14-15,21-22,32H,9,12-13H2,1-4H3,(H,28,29,33)/t15-,21?,22?/m0/s1. The quantitative estimate of drug-likeness (QED) is 0.462. The number of hydrogen-bond acceptors (Lipinski definition) is 6. The van der Waals surface area contributed by atoms with Gasteiger partial charge in [0.15, 0.2) is 6.29 Å². The molecule has 2 N–H and O–H groups in total. The number of halogens is 1. The Morgan fingerprint density at radius 2 is 1.94 bits per heavy atom. The minimum Gasteiger partial charge on any atom is -0.366 e. The summed E-state index contributed by atoms with van der Waals surface area (Å²) in [7, 11) is 0. The van der Waals surface area contributed by atoms with E-state index in [1.54, 1.807) is 12.3 Å². The lowest BCUT2D eigenvalue weighted by Gasteiger charge is -2.14. The lowest BCUT2D eigenvalue weighted by Crippen LogP contribution is -2.51. The zero-order chi connectivity index (χ0) is 25.3. The molecule has 10 heteroatoms. The maximum absolute atomic E-state index is 13.5. The summed E-state index contributed by atoms with van der Waals surface area (Å²) in [6.07, 6.45) is 1.27. The fraction of sp³-hybridized carbons (Fsp3) is 0.440. The number of aliphatic hydroxyl groups excluding tert-OH is 1. The predicted octanol–water partition coefficient (Wildman–Crippen LogP) is 2.53. The van der Waals surface area contributed by atoms with Gasteiger partial charge in [0.25, 0.3) is 0 Å². The number of nitrogens with one attached hydrogen (secondary N) is 1. The fourth-order valence-corrected chi connectivity index (χ4v) is 4.23. The largest absolute Gasteiger partial charge is 0.366 e. The maximum Gasteiger partial charge on any atom is 0.335 e. The number of pyridine rings is 1. The van der Waals surface area contributed by atoms with Crippen LogP contribution < -0.4 is 17.0 Å². The molecule has 3 heterocycles. The lowest BCUT2D eigenvalue weighted by molar-refractivity contribution is 0.155. The van der Waals surface area contributed by atoms with Gasteiger partial charge in [0.2, 0.25) is 5.62 Å². The highest BCUT2D eigenvalue weighted by molar-refractivity contribution is 6.31. The second-order valence-corrected chi connectivity index (χ2v) is 9.90. The molecule has 0 spiro atoms. The first kappa shape index (κ1) is 25.1. The number of epoxide rings is 1. The van der Waals surface area contributed by atoms with Crippen LogP contribution in [0.1, 0.15) is 37.6 Å². The van der Waals surface area contributed by atoms with Crippen molar-refractivity contribution in [1.82, 2.24) is 19.1 Å². The summed E-state index contributed by atoms with van der Waals surface area (Å²) in [6, 6.07) is 9.20. The van der Waals surface area contributed by atoms with Crippen molar-refractivity contribution >= 4 is 17.3 Å². The van der Waals surface area contributed by atoms with Crippen molar-refractivity contribution in [2.24, 2.45) is 16.8 Å². The molecule has 1 aliphatic heterocycles. The Morgan fingerprint density at radius 1 is 1.20 bits per heavy atom. The second-order valence-electron chi connectivity index (χ2n) is 9.49. The number of ether oxygens (including phenoxy) is 1. The normalized spacial score (nSPS) is 18.8. The molecular formula is C25H30ClN5O4. The number of aryl methyl sites for hydroxylation is 1. The summed E-state index contributed by atoms with van der Waals surface area (Å²) in [5.74, 6) is 0.224. The molecule has 2 unspecified atom stereocenters. The molecule has 1 saturated heterocycles. The number of H-pyrrole nitrogens is 1. The van der Waals surface area contributed by atoms with E-state index >= 15 is 0 Å². The number of benzene rings is 1. The third-order valence-corrected chi connectivity index (χ3v) is 6.28. The molecule has 0 bridgehead atoms. The Hall–Kier alpha value is -3.01. The zero-order valence-electron chi connectivity index (χ0n) is 20.2. The Kier molecular flexibility index (Phi) is 7.39.